The first kappa shape index (κ1) is 15.7. The van der Waals surface area contributed by atoms with Crippen molar-refractivity contribution in [1.29, 1.82) is 5.41 Å². The first-order chi connectivity index (χ1) is 9.06. The number of nitrogens with zero attached hydrogens (tertiary/aromatic N) is 3. The molecule has 1 heterocycles. The molecule has 0 spiro atoms. The van der Waals surface area contributed by atoms with E-state index in [9.17, 15) is 0 Å². The summed E-state index contributed by atoms with van der Waals surface area (Å²) in [6.07, 6.45) is 1.53. The van der Waals surface area contributed by atoms with Crippen molar-refractivity contribution in [2.75, 3.05) is 26.8 Å². The largest absolute Gasteiger partial charge is 0.388 e. The molecule has 0 fully saturated rings. The maximum atomic E-state index is 7.32. The third-order valence-corrected chi connectivity index (χ3v) is 3.08. The van der Waals surface area contributed by atoms with Gasteiger partial charge in [-0.15, -0.1) is 0 Å². The van der Waals surface area contributed by atoms with Crippen LogP contribution in [0.15, 0.2) is 6.07 Å². The fraction of sp³-hybridized carbons (Fsp3) is 0.692. The van der Waals surface area contributed by atoms with Gasteiger partial charge in [-0.25, -0.2) is 0 Å². The van der Waals surface area contributed by atoms with E-state index in [0.29, 0.717) is 13.0 Å². The molecule has 1 aromatic heterocycles. The molecule has 0 bridgehead atoms. The molecule has 1 aromatic rings. The molecular weight excluding hydrogens is 242 g/mol. The van der Waals surface area contributed by atoms with Crippen molar-refractivity contribution in [2.24, 2.45) is 12.8 Å². The Balaban J connectivity index is 2.63. The lowest BCUT2D eigenvalue weighted by molar-refractivity contribution is 0.144. The van der Waals surface area contributed by atoms with Gasteiger partial charge in [-0.2, -0.15) is 5.10 Å². The van der Waals surface area contributed by atoms with Gasteiger partial charge in [0, 0.05) is 40.2 Å². The Morgan fingerprint density at radius 1 is 1.53 bits per heavy atom. The molecule has 0 unspecified atom stereocenters. The summed E-state index contributed by atoms with van der Waals surface area (Å²) < 4.78 is 7.05. The van der Waals surface area contributed by atoms with Crippen LogP contribution in [0.4, 0.5) is 0 Å². The highest BCUT2D eigenvalue weighted by molar-refractivity contribution is 5.76. The Hall–Kier alpha value is -1.40. The molecule has 19 heavy (non-hydrogen) atoms. The second-order valence-electron chi connectivity index (χ2n) is 4.65. The van der Waals surface area contributed by atoms with Gasteiger partial charge in [0.05, 0.1) is 23.8 Å². The molecule has 6 nitrogen and oxygen atoms in total. The molecule has 3 N–H and O–H groups in total. The van der Waals surface area contributed by atoms with Crippen LogP contribution in [-0.4, -0.2) is 47.3 Å². The van der Waals surface area contributed by atoms with Crippen LogP contribution in [0.2, 0.25) is 0 Å². The topological polar surface area (TPSA) is 80.2 Å². The highest BCUT2D eigenvalue weighted by atomic mass is 16.5. The predicted molar refractivity (Wildman–Crippen MR) is 76.3 cm³/mol. The number of hydrogen-bond donors (Lipinski definition) is 2. The summed E-state index contributed by atoms with van der Waals surface area (Å²) in [5.41, 5.74) is 7.71. The molecule has 0 aliphatic rings. The minimum atomic E-state index is 0.224. The van der Waals surface area contributed by atoms with E-state index in [2.05, 4.69) is 23.0 Å². The van der Waals surface area contributed by atoms with E-state index in [1.165, 1.54) is 5.69 Å². The lowest BCUT2D eigenvalue weighted by Crippen LogP contribution is -2.31. The molecule has 108 valence electrons. The summed E-state index contributed by atoms with van der Waals surface area (Å²) in [4.78, 5) is 2.24. The Bertz CT molecular complexity index is 402. The van der Waals surface area contributed by atoms with Crippen molar-refractivity contribution in [3.63, 3.8) is 0 Å². The van der Waals surface area contributed by atoms with Crippen molar-refractivity contribution in [3.8, 4) is 0 Å². The number of aryl methyl sites for hydroxylation is 2. The summed E-state index contributed by atoms with van der Waals surface area (Å²) in [7, 11) is 3.66. The first-order valence-electron chi connectivity index (χ1n) is 6.62. The minimum Gasteiger partial charge on any atom is -0.388 e. The van der Waals surface area contributed by atoms with Crippen molar-refractivity contribution in [3.05, 3.63) is 17.5 Å². The Kier molecular flexibility index (Phi) is 6.52. The van der Waals surface area contributed by atoms with E-state index in [0.717, 1.165) is 31.7 Å². The highest BCUT2D eigenvalue weighted by Gasteiger charge is 2.10. The van der Waals surface area contributed by atoms with Crippen LogP contribution in [0.25, 0.3) is 0 Å². The average molecular weight is 267 g/mol. The number of hydrogen-bond acceptors (Lipinski definition) is 4. The number of nitrogens with two attached hydrogens (primary N) is 1. The number of aromatic nitrogens is 2. The number of methoxy groups -OCH3 is 1. The SMILES string of the molecule is CCc1cc(CN(CCOC)CCC(=N)N)n(C)n1. The fourth-order valence-corrected chi connectivity index (χ4v) is 1.89. The third-order valence-electron chi connectivity index (χ3n) is 3.08. The molecule has 0 saturated heterocycles. The van der Waals surface area contributed by atoms with Gasteiger partial charge < -0.3 is 10.5 Å². The van der Waals surface area contributed by atoms with Crippen LogP contribution < -0.4 is 5.73 Å². The quantitative estimate of drug-likeness (QED) is 0.511. The van der Waals surface area contributed by atoms with Crippen LogP contribution in [0, 0.1) is 5.41 Å². The molecule has 0 saturated carbocycles. The molecular formula is C13H25N5O. The van der Waals surface area contributed by atoms with Gasteiger partial charge in [-0.3, -0.25) is 15.0 Å². The van der Waals surface area contributed by atoms with E-state index < -0.39 is 0 Å². The normalized spacial score (nSPS) is 11.2. The Morgan fingerprint density at radius 2 is 2.26 bits per heavy atom. The molecule has 0 radical (unpaired) electrons. The van der Waals surface area contributed by atoms with Gasteiger partial charge in [0.2, 0.25) is 0 Å². The minimum absolute atomic E-state index is 0.224. The van der Waals surface area contributed by atoms with Crippen molar-refractivity contribution in [1.82, 2.24) is 14.7 Å². The Morgan fingerprint density at radius 3 is 2.79 bits per heavy atom. The molecule has 0 amide bonds. The first-order valence-corrected chi connectivity index (χ1v) is 6.62. The highest BCUT2D eigenvalue weighted by Crippen LogP contribution is 2.08. The molecule has 0 aliphatic heterocycles. The maximum absolute atomic E-state index is 7.32. The molecule has 6 heteroatoms. The van der Waals surface area contributed by atoms with Crippen molar-refractivity contribution < 1.29 is 4.74 Å². The number of nitrogens with one attached hydrogen (secondary N) is 1. The molecule has 0 aromatic carbocycles. The van der Waals surface area contributed by atoms with Gasteiger partial charge in [-0.1, -0.05) is 6.92 Å². The van der Waals surface area contributed by atoms with E-state index in [1.54, 1.807) is 7.11 Å². The lowest BCUT2D eigenvalue weighted by Gasteiger charge is -2.21. The van der Waals surface area contributed by atoms with Gasteiger partial charge >= 0.3 is 0 Å². The predicted octanol–water partition coefficient (Wildman–Crippen LogP) is 0.757. The number of amidine groups is 1. The molecule has 0 aliphatic carbocycles. The van der Waals surface area contributed by atoms with Crippen LogP contribution in [0.5, 0.6) is 0 Å². The van der Waals surface area contributed by atoms with Gasteiger partial charge in [0.15, 0.2) is 0 Å². The maximum Gasteiger partial charge on any atom is 0.0918 e. The van der Waals surface area contributed by atoms with E-state index in [4.69, 9.17) is 15.9 Å². The monoisotopic (exact) mass is 267 g/mol. The molecule has 0 atom stereocenters. The summed E-state index contributed by atoms with van der Waals surface area (Å²) in [6.45, 7) is 5.18. The van der Waals surface area contributed by atoms with E-state index >= 15 is 0 Å². The van der Waals surface area contributed by atoms with Crippen molar-refractivity contribution >= 4 is 5.84 Å². The summed E-state index contributed by atoms with van der Waals surface area (Å²) in [5, 5.41) is 11.8. The van der Waals surface area contributed by atoms with Gasteiger partial charge in [-0.05, 0) is 12.5 Å². The zero-order valence-electron chi connectivity index (χ0n) is 12.1. The summed E-state index contributed by atoms with van der Waals surface area (Å²) >= 11 is 0. The van der Waals surface area contributed by atoms with Crippen LogP contribution in [0.1, 0.15) is 24.7 Å². The Labute approximate surface area is 115 Å². The number of rotatable bonds is 9. The third kappa shape index (κ3) is 5.40. The van der Waals surface area contributed by atoms with Gasteiger partial charge in [0.25, 0.3) is 0 Å². The second-order valence-corrected chi connectivity index (χ2v) is 4.65. The zero-order chi connectivity index (χ0) is 14.3. The van der Waals surface area contributed by atoms with Crippen molar-refractivity contribution in [2.45, 2.75) is 26.3 Å². The van der Waals surface area contributed by atoms with Crippen LogP contribution in [-0.2, 0) is 24.8 Å². The standard InChI is InChI=1S/C13H25N5O/c1-4-11-9-12(17(2)16-11)10-18(7-8-19-3)6-5-13(14)15/h9H,4-8,10H2,1-3H3,(H3,14,15). The van der Waals surface area contributed by atoms with Crippen LogP contribution in [0.3, 0.4) is 0 Å². The van der Waals surface area contributed by atoms with E-state index in [-0.39, 0.29) is 5.84 Å². The molecule has 1 rings (SSSR count). The summed E-state index contributed by atoms with van der Waals surface area (Å²) in [5.74, 6) is 0.224. The van der Waals surface area contributed by atoms with Crippen LogP contribution >= 0.6 is 0 Å². The lowest BCUT2D eigenvalue weighted by atomic mass is 10.2. The second kappa shape index (κ2) is 7.91. The van der Waals surface area contributed by atoms with E-state index in [1.807, 2.05) is 11.7 Å². The number of ether oxygens (including phenoxy) is 1. The van der Waals surface area contributed by atoms with Gasteiger partial charge in [0.1, 0.15) is 0 Å². The smallest absolute Gasteiger partial charge is 0.0918 e. The summed E-state index contributed by atoms with van der Waals surface area (Å²) in [6, 6.07) is 2.13. The zero-order valence-corrected chi connectivity index (χ0v) is 12.1. The average Bonchev–Trinajstić information content (AvgIpc) is 2.73. The fourth-order valence-electron chi connectivity index (χ4n) is 1.89.